The van der Waals surface area contributed by atoms with E-state index in [1.807, 2.05) is 0 Å². The van der Waals surface area contributed by atoms with Crippen LogP contribution in [0.25, 0.3) is 0 Å². The van der Waals surface area contributed by atoms with Gasteiger partial charge in [0.05, 0.1) is 10.6 Å². The second-order valence-corrected chi connectivity index (χ2v) is 7.32. The number of hydrogen-bond donors (Lipinski definition) is 1. The number of aliphatic hydroxyl groups is 1. The first-order chi connectivity index (χ1) is 9.21. The average molecular weight is 319 g/mol. The summed E-state index contributed by atoms with van der Waals surface area (Å²) >= 11 is 11.9. The van der Waals surface area contributed by atoms with Crippen LogP contribution in [0.1, 0.15) is 45.6 Å². The molecule has 0 bridgehead atoms. The highest BCUT2D eigenvalue weighted by Gasteiger charge is 2.39. The predicted molar refractivity (Wildman–Crippen MR) is 81.7 cm³/mol. The van der Waals surface area contributed by atoms with Gasteiger partial charge in [-0.2, -0.15) is 0 Å². The molecule has 0 heterocycles. The molecule has 3 atom stereocenters. The second kappa shape index (κ2) is 5.82. The maximum atomic E-state index is 13.7. The molecule has 4 heteroatoms. The zero-order chi connectivity index (χ0) is 15.1. The summed E-state index contributed by atoms with van der Waals surface area (Å²) in [5.74, 6) is 0.667. The van der Waals surface area contributed by atoms with Crippen LogP contribution in [0.5, 0.6) is 0 Å². The van der Waals surface area contributed by atoms with Crippen LogP contribution >= 0.6 is 23.2 Å². The predicted octanol–water partition coefficient (Wildman–Crippen LogP) is 5.41. The molecule has 3 unspecified atom stereocenters. The van der Waals surface area contributed by atoms with Gasteiger partial charge in [0, 0.05) is 10.6 Å². The van der Waals surface area contributed by atoms with Gasteiger partial charge in [-0.1, -0.05) is 37.0 Å². The molecule has 1 aromatic carbocycles. The standard InChI is InChI=1S/C16H21Cl2FO/c1-9-4-10(2)6-11(5-9)16(3,20)12-7-15(19)14(18)8-13(12)17/h7-11,20H,4-6H2,1-3H3. The molecular formula is C16H21Cl2FO. The SMILES string of the molecule is CC1CC(C)CC(C(C)(O)c2cc(F)c(Cl)cc2Cl)C1. The Labute approximate surface area is 130 Å². The van der Waals surface area contributed by atoms with E-state index in [-0.39, 0.29) is 10.9 Å². The lowest BCUT2D eigenvalue weighted by Crippen LogP contribution is -2.37. The van der Waals surface area contributed by atoms with Crippen molar-refractivity contribution >= 4 is 23.2 Å². The zero-order valence-electron chi connectivity index (χ0n) is 12.1. The lowest BCUT2D eigenvalue weighted by molar-refractivity contribution is -0.0388. The van der Waals surface area contributed by atoms with Crippen LogP contribution in [0.4, 0.5) is 4.39 Å². The fourth-order valence-corrected chi connectivity index (χ4v) is 4.11. The molecule has 0 spiro atoms. The summed E-state index contributed by atoms with van der Waals surface area (Å²) in [5, 5.41) is 11.3. The van der Waals surface area contributed by atoms with Crippen LogP contribution < -0.4 is 0 Å². The molecule has 1 aliphatic carbocycles. The molecule has 1 N–H and O–H groups in total. The largest absolute Gasteiger partial charge is 0.385 e. The Morgan fingerprint density at radius 3 is 2.20 bits per heavy atom. The summed E-state index contributed by atoms with van der Waals surface area (Å²) in [4.78, 5) is 0. The van der Waals surface area contributed by atoms with Crippen molar-refractivity contribution in [1.29, 1.82) is 0 Å². The van der Waals surface area contributed by atoms with Gasteiger partial charge in [0.1, 0.15) is 5.82 Å². The Morgan fingerprint density at radius 2 is 1.65 bits per heavy atom. The van der Waals surface area contributed by atoms with Gasteiger partial charge >= 0.3 is 0 Å². The molecule has 20 heavy (non-hydrogen) atoms. The first kappa shape index (κ1) is 16.1. The Kier molecular flexibility index (Phi) is 4.68. The Balaban J connectivity index is 2.36. The third-order valence-corrected chi connectivity index (χ3v) is 5.13. The molecule has 1 aliphatic rings. The molecule has 0 saturated heterocycles. The highest BCUT2D eigenvalue weighted by Crippen LogP contribution is 2.45. The van der Waals surface area contributed by atoms with E-state index in [1.54, 1.807) is 6.92 Å². The second-order valence-electron chi connectivity index (χ2n) is 6.51. The topological polar surface area (TPSA) is 20.2 Å². The van der Waals surface area contributed by atoms with Crippen LogP contribution in [-0.4, -0.2) is 5.11 Å². The molecule has 1 fully saturated rings. The van der Waals surface area contributed by atoms with Crippen LogP contribution in [-0.2, 0) is 5.60 Å². The molecular weight excluding hydrogens is 298 g/mol. The molecule has 2 rings (SSSR count). The van der Waals surface area contributed by atoms with E-state index in [0.717, 1.165) is 12.8 Å². The fraction of sp³-hybridized carbons (Fsp3) is 0.625. The van der Waals surface area contributed by atoms with E-state index in [1.165, 1.54) is 18.6 Å². The summed E-state index contributed by atoms with van der Waals surface area (Å²) in [5.41, 5.74) is -0.696. The Bertz CT molecular complexity index is 491. The van der Waals surface area contributed by atoms with Gasteiger partial charge < -0.3 is 5.11 Å². The third kappa shape index (κ3) is 3.13. The normalized spacial score (nSPS) is 30.1. The summed E-state index contributed by atoms with van der Waals surface area (Å²) in [6.45, 7) is 6.13. The van der Waals surface area contributed by atoms with Crippen molar-refractivity contribution in [2.24, 2.45) is 17.8 Å². The summed E-state index contributed by atoms with van der Waals surface area (Å²) in [7, 11) is 0. The van der Waals surface area contributed by atoms with E-state index < -0.39 is 11.4 Å². The van der Waals surface area contributed by atoms with Crippen LogP contribution in [0.15, 0.2) is 12.1 Å². The average Bonchev–Trinajstić information content (AvgIpc) is 2.32. The van der Waals surface area contributed by atoms with Gasteiger partial charge in [-0.05, 0) is 56.1 Å². The van der Waals surface area contributed by atoms with Crippen LogP contribution in [0, 0.1) is 23.6 Å². The van der Waals surface area contributed by atoms with E-state index in [0.29, 0.717) is 22.4 Å². The van der Waals surface area contributed by atoms with Gasteiger partial charge in [0.25, 0.3) is 0 Å². The first-order valence-electron chi connectivity index (χ1n) is 7.09. The van der Waals surface area contributed by atoms with Crippen LogP contribution in [0.3, 0.4) is 0 Å². The third-order valence-electron chi connectivity index (χ3n) is 4.53. The van der Waals surface area contributed by atoms with E-state index in [9.17, 15) is 9.50 Å². The molecule has 0 aromatic heterocycles. The molecule has 0 aliphatic heterocycles. The summed E-state index contributed by atoms with van der Waals surface area (Å²) < 4.78 is 13.7. The minimum atomic E-state index is -1.13. The maximum absolute atomic E-state index is 13.7. The van der Waals surface area contributed by atoms with Gasteiger partial charge in [0.15, 0.2) is 0 Å². The molecule has 1 nitrogen and oxygen atoms in total. The molecule has 0 amide bonds. The van der Waals surface area contributed by atoms with Crippen LogP contribution in [0.2, 0.25) is 10.0 Å². The van der Waals surface area contributed by atoms with Crippen molar-refractivity contribution in [2.75, 3.05) is 0 Å². The maximum Gasteiger partial charge on any atom is 0.142 e. The number of halogens is 3. The Morgan fingerprint density at radius 1 is 1.10 bits per heavy atom. The monoisotopic (exact) mass is 318 g/mol. The smallest absolute Gasteiger partial charge is 0.142 e. The Hall–Kier alpha value is -0.310. The van der Waals surface area contributed by atoms with E-state index in [2.05, 4.69) is 13.8 Å². The summed E-state index contributed by atoms with van der Waals surface area (Å²) in [6, 6.07) is 2.65. The minimum Gasteiger partial charge on any atom is -0.385 e. The lowest BCUT2D eigenvalue weighted by Gasteiger charge is -2.41. The first-order valence-corrected chi connectivity index (χ1v) is 7.84. The minimum absolute atomic E-state index is 0.0140. The van der Waals surface area contributed by atoms with Gasteiger partial charge in [-0.15, -0.1) is 0 Å². The molecule has 1 aromatic rings. The van der Waals surface area contributed by atoms with E-state index in [4.69, 9.17) is 23.2 Å². The van der Waals surface area contributed by atoms with E-state index >= 15 is 0 Å². The zero-order valence-corrected chi connectivity index (χ0v) is 13.6. The highest BCUT2D eigenvalue weighted by molar-refractivity contribution is 6.35. The van der Waals surface area contributed by atoms with Gasteiger partial charge in [-0.3, -0.25) is 0 Å². The van der Waals surface area contributed by atoms with Crippen molar-refractivity contribution in [3.8, 4) is 0 Å². The van der Waals surface area contributed by atoms with Gasteiger partial charge in [0.2, 0.25) is 0 Å². The quantitative estimate of drug-likeness (QED) is 0.722. The number of benzene rings is 1. The summed E-state index contributed by atoms with van der Waals surface area (Å²) in [6.07, 6.45) is 3.03. The molecule has 112 valence electrons. The van der Waals surface area contributed by atoms with Crippen molar-refractivity contribution in [3.05, 3.63) is 33.6 Å². The highest BCUT2D eigenvalue weighted by atomic mass is 35.5. The van der Waals surface area contributed by atoms with Crippen molar-refractivity contribution < 1.29 is 9.50 Å². The molecule has 1 saturated carbocycles. The van der Waals surface area contributed by atoms with Crippen molar-refractivity contribution in [1.82, 2.24) is 0 Å². The lowest BCUT2D eigenvalue weighted by atomic mass is 9.68. The van der Waals surface area contributed by atoms with Gasteiger partial charge in [-0.25, -0.2) is 4.39 Å². The van der Waals surface area contributed by atoms with Crippen molar-refractivity contribution in [3.63, 3.8) is 0 Å². The molecule has 0 radical (unpaired) electrons. The number of rotatable bonds is 2. The van der Waals surface area contributed by atoms with Crippen molar-refractivity contribution in [2.45, 2.75) is 45.6 Å². The number of hydrogen-bond acceptors (Lipinski definition) is 1. The fourth-order valence-electron chi connectivity index (χ4n) is 3.54.